The van der Waals surface area contributed by atoms with E-state index >= 15 is 0 Å². The largest absolute Gasteiger partial charge is 0.488 e. The predicted molar refractivity (Wildman–Crippen MR) is 170 cm³/mol. The van der Waals surface area contributed by atoms with Crippen LogP contribution in [0.15, 0.2) is 85.2 Å². The number of carbonyl (C=O) groups excluding carboxylic acids is 3. The quantitative estimate of drug-likeness (QED) is 0.282. The molecule has 10 heteroatoms. The Labute approximate surface area is 256 Å². The molecular formula is C34H37N5O5. The van der Waals surface area contributed by atoms with Crippen molar-refractivity contribution in [3.05, 3.63) is 96.3 Å². The fourth-order valence-electron chi connectivity index (χ4n) is 5.33. The third-order valence-corrected chi connectivity index (χ3v) is 7.95. The molecule has 0 unspecified atom stereocenters. The number of anilines is 2. The highest BCUT2D eigenvalue weighted by Gasteiger charge is 2.32. The van der Waals surface area contributed by atoms with Crippen molar-refractivity contribution in [1.82, 2.24) is 14.8 Å². The van der Waals surface area contributed by atoms with Gasteiger partial charge in [0.25, 0.3) is 5.91 Å². The van der Waals surface area contributed by atoms with Crippen molar-refractivity contribution in [3.63, 3.8) is 0 Å². The van der Waals surface area contributed by atoms with Gasteiger partial charge in [0.1, 0.15) is 11.9 Å². The number of aliphatic hydroxyl groups is 1. The normalized spacial score (nSPS) is 17.4. The number of benzene rings is 3. The molecule has 1 aliphatic heterocycles. The minimum atomic E-state index is -0.478. The lowest BCUT2D eigenvalue weighted by molar-refractivity contribution is -0.134. The van der Waals surface area contributed by atoms with E-state index in [0.717, 1.165) is 10.8 Å². The second kappa shape index (κ2) is 13.6. The lowest BCUT2D eigenvalue weighted by atomic mass is 10.0. The highest BCUT2D eigenvalue weighted by molar-refractivity contribution is 6.04. The van der Waals surface area contributed by atoms with Gasteiger partial charge >= 0.3 is 6.03 Å². The van der Waals surface area contributed by atoms with Gasteiger partial charge in [0.05, 0.1) is 31.3 Å². The van der Waals surface area contributed by atoms with E-state index in [2.05, 4.69) is 15.6 Å². The summed E-state index contributed by atoms with van der Waals surface area (Å²) < 4.78 is 6.54. The van der Waals surface area contributed by atoms with Gasteiger partial charge in [0.2, 0.25) is 5.91 Å². The number of pyridine rings is 1. The van der Waals surface area contributed by atoms with Crippen LogP contribution in [0, 0.1) is 5.92 Å². The molecule has 4 amide bonds. The average molecular weight is 596 g/mol. The minimum absolute atomic E-state index is 0.0233. The van der Waals surface area contributed by atoms with E-state index in [0.29, 0.717) is 34.8 Å². The molecule has 1 aliphatic rings. The fraction of sp³-hybridized carbons (Fsp3) is 0.294. The summed E-state index contributed by atoms with van der Waals surface area (Å²) in [4.78, 5) is 46.8. The summed E-state index contributed by atoms with van der Waals surface area (Å²) in [6.45, 7) is 4.16. The molecule has 10 nitrogen and oxygen atoms in total. The van der Waals surface area contributed by atoms with Gasteiger partial charge < -0.3 is 30.3 Å². The van der Waals surface area contributed by atoms with Crippen LogP contribution in [-0.2, 0) is 11.2 Å². The van der Waals surface area contributed by atoms with Gasteiger partial charge in [-0.25, -0.2) is 4.79 Å². The van der Waals surface area contributed by atoms with E-state index in [-0.39, 0.29) is 43.3 Å². The van der Waals surface area contributed by atoms with Crippen molar-refractivity contribution in [2.45, 2.75) is 32.4 Å². The van der Waals surface area contributed by atoms with Crippen LogP contribution in [0.4, 0.5) is 16.2 Å². The van der Waals surface area contributed by atoms with Crippen molar-refractivity contribution >= 4 is 40.0 Å². The second-order valence-electron chi connectivity index (χ2n) is 11.2. The molecule has 44 heavy (non-hydrogen) atoms. The highest BCUT2D eigenvalue weighted by atomic mass is 16.5. The molecule has 1 aromatic heterocycles. The van der Waals surface area contributed by atoms with E-state index < -0.39 is 12.1 Å². The van der Waals surface area contributed by atoms with Gasteiger partial charge in [-0.3, -0.25) is 14.6 Å². The summed E-state index contributed by atoms with van der Waals surface area (Å²) in [5.74, 6) is -0.150. The molecule has 0 radical (unpaired) electrons. The third-order valence-electron chi connectivity index (χ3n) is 7.95. The van der Waals surface area contributed by atoms with Gasteiger partial charge in [-0.2, -0.15) is 0 Å². The molecule has 3 N–H and O–H groups in total. The Balaban J connectivity index is 1.39. The van der Waals surface area contributed by atoms with Crippen LogP contribution in [0.25, 0.3) is 10.8 Å². The van der Waals surface area contributed by atoms with Crippen LogP contribution in [0.3, 0.4) is 0 Å². The number of nitrogens with one attached hydrogen (secondary N) is 2. The molecule has 3 aromatic carbocycles. The maximum absolute atomic E-state index is 13.5. The molecular weight excluding hydrogens is 558 g/mol. The van der Waals surface area contributed by atoms with Crippen molar-refractivity contribution in [2.75, 3.05) is 37.4 Å². The molecule has 0 bridgehead atoms. The molecule has 0 aliphatic carbocycles. The van der Waals surface area contributed by atoms with Crippen LogP contribution in [0.2, 0.25) is 0 Å². The second-order valence-corrected chi connectivity index (χ2v) is 11.2. The predicted octanol–water partition coefficient (Wildman–Crippen LogP) is 4.80. The zero-order valence-electron chi connectivity index (χ0n) is 25.1. The van der Waals surface area contributed by atoms with Gasteiger partial charge in [-0.15, -0.1) is 0 Å². The number of fused-ring (bicyclic) bond motifs is 2. The summed E-state index contributed by atoms with van der Waals surface area (Å²) in [6.07, 6.45) is 2.63. The van der Waals surface area contributed by atoms with Crippen molar-refractivity contribution in [1.29, 1.82) is 0 Å². The number of hydrogen-bond donors (Lipinski definition) is 3. The van der Waals surface area contributed by atoms with Crippen molar-refractivity contribution in [2.24, 2.45) is 5.92 Å². The first-order chi connectivity index (χ1) is 21.2. The molecule has 2 heterocycles. The lowest BCUT2D eigenvalue weighted by Gasteiger charge is -2.34. The van der Waals surface area contributed by atoms with E-state index in [9.17, 15) is 19.5 Å². The lowest BCUT2D eigenvalue weighted by Crippen LogP contribution is -2.48. The Morgan fingerprint density at radius 3 is 2.59 bits per heavy atom. The number of rotatable bonds is 7. The Bertz CT molecular complexity index is 1640. The number of nitrogens with zero attached hydrogens (tertiary/aromatic N) is 3. The highest BCUT2D eigenvalue weighted by Crippen LogP contribution is 2.30. The van der Waals surface area contributed by atoms with Crippen LogP contribution < -0.4 is 15.4 Å². The Morgan fingerprint density at radius 1 is 1.07 bits per heavy atom. The summed E-state index contributed by atoms with van der Waals surface area (Å²) in [7, 11) is 1.71. The number of amides is 4. The molecule has 0 spiro atoms. The van der Waals surface area contributed by atoms with E-state index in [1.54, 1.807) is 66.5 Å². The molecule has 4 aromatic rings. The summed E-state index contributed by atoms with van der Waals surface area (Å²) in [5.41, 5.74) is 2.28. The van der Waals surface area contributed by atoms with Gasteiger partial charge in [0.15, 0.2) is 0 Å². The molecule has 3 atom stereocenters. The number of carbonyl (C=O) groups is 3. The summed E-state index contributed by atoms with van der Waals surface area (Å²) in [6, 6.07) is 21.4. The fourth-order valence-corrected chi connectivity index (χ4v) is 5.33. The summed E-state index contributed by atoms with van der Waals surface area (Å²) in [5, 5.41) is 17.8. The van der Waals surface area contributed by atoms with E-state index in [1.165, 1.54) is 0 Å². The Kier molecular flexibility index (Phi) is 9.40. The number of likely N-dealkylation sites (N-methyl/N-ethyl adjacent to an activating group) is 1. The minimum Gasteiger partial charge on any atom is -0.488 e. The van der Waals surface area contributed by atoms with E-state index in [4.69, 9.17) is 4.74 Å². The van der Waals surface area contributed by atoms with Gasteiger partial charge in [0, 0.05) is 54.1 Å². The average Bonchev–Trinajstić information content (AvgIpc) is 3.08. The first kappa shape index (κ1) is 30.5. The Morgan fingerprint density at radius 2 is 1.82 bits per heavy atom. The van der Waals surface area contributed by atoms with Crippen LogP contribution in [0.5, 0.6) is 5.75 Å². The van der Waals surface area contributed by atoms with Crippen molar-refractivity contribution < 1.29 is 24.2 Å². The number of ether oxygens (including phenoxy) is 1. The molecule has 0 saturated heterocycles. The maximum Gasteiger partial charge on any atom is 0.321 e. The SMILES string of the molecule is C[C@@H]1CN([C@H](C)CO)C(=O)Cc2cc(NC(=O)c3ccncc3)ccc2O[C@H]1CN(C)C(=O)Nc1cccc2ccccc12. The molecule has 5 rings (SSSR count). The van der Waals surface area contributed by atoms with Crippen molar-refractivity contribution in [3.8, 4) is 5.75 Å². The monoisotopic (exact) mass is 595 g/mol. The number of hydrogen-bond acceptors (Lipinski definition) is 6. The van der Waals surface area contributed by atoms with Crippen LogP contribution >= 0.6 is 0 Å². The molecule has 0 fully saturated rings. The standard InChI is InChI=1S/C34H37N5O5/c1-22-19-39(23(2)21-40)32(41)18-26-17-27(36-33(42)25-13-15-35-16-14-25)11-12-30(26)44-31(22)20-38(3)34(43)37-29-10-6-8-24-7-4-5-9-28(24)29/h4-17,22-23,31,40H,18-21H2,1-3H3,(H,36,42)(H,37,43)/t22-,23-,31+/m1/s1. The topological polar surface area (TPSA) is 124 Å². The maximum atomic E-state index is 13.5. The van der Waals surface area contributed by atoms with E-state index in [1.807, 2.05) is 49.4 Å². The Hall–Kier alpha value is -4.96. The summed E-state index contributed by atoms with van der Waals surface area (Å²) >= 11 is 0. The smallest absolute Gasteiger partial charge is 0.321 e. The zero-order valence-corrected chi connectivity index (χ0v) is 25.1. The zero-order chi connectivity index (χ0) is 31.2. The van der Waals surface area contributed by atoms with Crippen LogP contribution in [0.1, 0.15) is 29.8 Å². The van der Waals surface area contributed by atoms with Gasteiger partial charge in [-0.05, 0) is 48.7 Å². The first-order valence-electron chi connectivity index (χ1n) is 14.6. The molecule has 228 valence electrons. The van der Waals surface area contributed by atoms with Gasteiger partial charge in [-0.1, -0.05) is 43.3 Å². The third kappa shape index (κ3) is 6.98. The number of aliphatic hydroxyl groups excluding tert-OH is 1. The molecule has 0 saturated carbocycles. The number of urea groups is 1. The number of aromatic nitrogens is 1. The first-order valence-corrected chi connectivity index (χ1v) is 14.6. The van der Waals surface area contributed by atoms with Crippen LogP contribution in [-0.4, -0.2) is 76.6 Å².